The molecule has 0 unspecified atom stereocenters. The molecule has 2 rings (SSSR count). The van der Waals surface area contributed by atoms with Gasteiger partial charge in [-0.15, -0.1) is 12.4 Å². The summed E-state index contributed by atoms with van der Waals surface area (Å²) in [5.41, 5.74) is 1.28. The molecule has 0 aliphatic heterocycles. The van der Waals surface area contributed by atoms with E-state index in [9.17, 15) is 0 Å². The minimum Gasteiger partial charge on any atom is -0.492 e. The Balaban J connectivity index is 0.00000162. The van der Waals surface area contributed by atoms with Crippen LogP contribution in [0.2, 0.25) is 0 Å². The van der Waals surface area contributed by atoms with E-state index < -0.39 is 0 Å². The second kappa shape index (κ2) is 8.39. The molecule has 3 heteroatoms. The van der Waals surface area contributed by atoms with Crippen LogP contribution in [0.5, 0.6) is 5.75 Å². The van der Waals surface area contributed by atoms with Gasteiger partial charge < -0.3 is 10.1 Å². The van der Waals surface area contributed by atoms with E-state index in [2.05, 4.69) is 24.4 Å². The molecule has 1 aromatic rings. The summed E-state index contributed by atoms with van der Waals surface area (Å²) >= 11 is 0. The van der Waals surface area contributed by atoms with E-state index in [4.69, 9.17) is 4.74 Å². The quantitative estimate of drug-likeness (QED) is 0.823. The second-order valence-corrected chi connectivity index (χ2v) is 4.95. The van der Waals surface area contributed by atoms with Crippen LogP contribution in [0.25, 0.3) is 0 Å². The third-order valence-corrected chi connectivity index (χ3v) is 3.43. The predicted octanol–water partition coefficient (Wildman–Crippen LogP) is 3.72. The number of hydrogen-bond donors (Lipinski definition) is 1. The molecule has 0 radical (unpaired) electrons. The molecule has 0 saturated heterocycles. The minimum atomic E-state index is 0. The summed E-state index contributed by atoms with van der Waals surface area (Å²) in [6, 6.07) is 8.98. The van der Waals surface area contributed by atoms with Crippen molar-refractivity contribution in [3.05, 3.63) is 29.8 Å². The molecular weight excluding hydrogens is 246 g/mol. The molecule has 2 nitrogen and oxygen atoms in total. The van der Waals surface area contributed by atoms with Gasteiger partial charge in [-0.1, -0.05) is 37.0 Å². The largest absolute Gasteiger partial charge is 0.492 e. The Morgan fingerprint density at radius 3 is 2.44 bits per heavy atom. The second-order valence-electron chi connectivity index (χ2n) is 4.95. The standard InChI is InChI=1S/C15H23NO.ClH/c1-13-7-9-15(10-8-13)17-12-11-16-14-5-3-2-4-6-14;/h7-10,14,16H,2-6,11-12H2,1H3;1H. The highest BCUT2D eigenvalue weighted by Crippen LogP contribution is 2.17. The summed E-state index contributed by atoms with van der Waals surface area (Å²) in [7, 11) is 0. The Kier molecular flexibility index (Phi) is 7.14. The van der Waals surface area contributed by atoms with Crippen LogP contribution in [0.4, 0.5) is 0 Å². The molecule has 1 N–H and O–H groups in total. The van der Waals surface area contributed by atoms with E-state index in [0.717, 1.165) is 24.9 Å². The highest BCUT2D eigenvalue weighted by molar-refractivity contribution is 5.85. The fourth-order valence-corrected chi connectivity index (χ4v) is 2.37. The smallest absolute Gasteiger partial charge is 0.119 e. The van der Waals surface area contributed by atoms with Crippen molar-refractivity contribution in [3.8, 4) is 5.75 Å². The third kappa shape index (κ3) is 5.28. The van der Waals surface area contributed by atoms with Crippen molar-refractivity contribution in [1.29, 1.82) is 0 Å². The fraction of sp³-hybridized carbons (Fsp3) is 0.600. The lowest BCUT2D eigenvalue weighted by Crippen LogP contribution is -2.34. The number of aryl methyl sites for hydroxylation is 1. The molecule has 18 heavy (non-hydrogen) atoms. The van der Waals surface area contributed by atoms with E-state index >= 15 is 0 Å². The van der Waals surface area contributed by atoms with E-state index in [0.29, 0.717) is 0 Å². The number of halogens is 1. The van der Waals surface area contributed by atoms with E-state index in [1.807, 2.05) is 12.1 Å². The molecule has 1 fully saturated rings. The Labute approximate surface area is 117 Å². The van der Waals surface area contributed by atoms with Crippen molar-refractivity contribution in [3.63, 3.8) is 0 Å². The molecule has 0 spiro atoms. The van der Waals surface area contributed by atoms with Crippen molar-refractivity contribution in [2.24, 2.45) is 0 Å². The normalized spacial score (nSPS) is 16.1. The van der Waals surface area contributed by atoms with Crippen molar-refractivity contribution in [2.75, 3.05) is 13.2 Å². The number of benzene rings is 1. The minimum absolute atomic E-state index is 0. The Morgan fingerprint density at radius 2 is 1.78 bits per heavy atom. The van der Waals surface area contributed by atoms with Crippen LogP contribution in [-0.2, 0) is 0 Å². The average Bonchev–Trinajstić information content (AvgIpc) is 2.38. The van der Waals surface area contributed by atoms with Crippen LogP contribution in [0.3, 0.4) is 0 Å². The van der Waals surface area contributed by atoms with Crippen molar-refractivity contribution >= 4 is 12.4 Å². The molecule has 1 aliphatic carbocycles. The number of rotatable bonds is 5. The SMILES string of the molecule is Cc1ccc(OCCNC2CCCCC2)cc1.Cl. The maximum absolute atomic E-state index is 5.69. The Morgan fingerprint density at radius 1 is 1.11 bits per heavy atom. The number of hydrogen-bond acceptors (Lipinski definition) is 2. The van der Waals surface area contributed by atoms with Gasteiger partial charge in [-0.25, -0.2) is 0 Å². The van der Waals surface area contributed by atoms with Gasteiger partial charge in [0.1, 0.15) is 12.4 Å². The average molecular weight is 270 g/mol. The summed E-state index contributed by atoms with van der Waals surface area (Å²) in [5, 5.41) is 3.58. The van der Waals surface area contributed by atoms with Gasteiger partial charge in [-0.2, -0.15) is 0 Å². The van der Waals surface area contributed by atoms with E-state index in [1.165, 1.54) is 37.7 Å². The van der Waals surface area contributed by atoms with Gasteiger partial charge in [0.2, 0.25) is 0 Å². The molecule has 0 aromatic heterocycles. The highest BCUT2D eigenvalue weighted by atomic mass is 35.5. The zero-order valence-corrected chi connectivity index (χ0v) is 12.0. The predicted molar refractivity (Wildman–Crippen MR) is 78.8 cm³/mol. The van der Waals surface area contributed by atoms with E-state index in [-0.39, 0.29) is 12.4 Å². The van der Waals surface area contributed by atoms with E-state index in [1.54, 1.807) is 0 Å². The monoisotopic (exact) mass is 269 g/mol. The lowest BCUT2D eigenvalue weighted by molar-refractivity contribution is 0.289. The summed E-state index contributed by atoms with van der Waals surface area (Å²) in [4.78, 5) is 0. The molecule has 1 aliphatic rings. The first-order valence-electron chi connectivity index (χ1n) is 6.77. The van der Waals surface area contributed by atoms with Crippen molar-refractivity contribution in [2.45, 2.75) is 45.1 Å². The van der Waals surface area contributed by atoms with Crippen LogP contribution < -0.4 is 10.1 Å². The first-order valence-corrected chi connectivity index (χ1v) is 6.77. The van der Waals surface area contributed by atoms with Gasteiger partial charge in [0.25, 0.3) is 0 Å². The lowest BCUT2D eigenvalue weighted by Gasteiger charge is -2.22. The molecule has 0 amide bonds. The lowest BCUT2D eigenvalue weighted by atomic mass is 9.96. The molecule has 0 bridgehead atoms. The first kappa shape index (κ1) is 15.3. The van der Waals surface area contributed by atoms with Crippen molar-refractivity contribution in [1.82, 2.24) is 5.32 Å². The van der Waals surface area contributed by atoms with Gasteiger partial charge >= 0.3 is 0 Å². The van der Waals surface area contributed by atoms with Crippen LogP contribution in [0.1, 0.15) is 37.7 Å². The zero-order chi connectivity index (χ0) is 11.9. The molecule has 1 saturated carbocycles. The zero-order valence-electron chi connectivity index (χ0n) is 11.2. The van der Waals surface area contributed by atoms with Gasteiger partial charge in [0.05, 0.1) is 0 Å². The first-order chi connectivity index (χ1) is 8.34. The van der Waals surface area contributed by atoms with Crippen LogP contribution in [0.15, 0.2) is 24.3 Å². The molecular formula is C15H24ClNO. The molecule has 0 atom stereocenters. The summed E-state index contributed by atoms with van der Waals surface area (Å²) < 4.78 is 5.69. The maximum atomic E-state index is 5.69. The highest BCUT2D eigenvalue weighted by Gasteiger charge is 2.11. The summed E-state index contributed by atoms with van der Waals surface area (Å²) in [6.45, 7) is 3.81. The van der Waals surface area contributed by atoms with Crippen molar-refractivity contribution < 1.29 is 4.74 Å². The maximum Gasteiger partial charge on any atom is 0.119 e. The fourth-order valence-electron chi connectivity index (χ4n) is 2.37. The van der Waals surface area contributed by atoms with Crippen LogP contribution >= 0.6 is 12.4 Å². The Bertz CT molecular complexity index is 320. The van der Waals surface area contributed by atoms with Gasteiger partial charge in [-0.05, 0) is 31.9 Å². The molecule has 102 valence electrons. The van der Waals surface area contributed by atoms with Gasteiger partial charge in [0.15, 0.2) is 0 Å². The molecule has 0 heterocycles. The summed E-state index contributed by atoms with van der Waals surface area (Å²) in [5.74, 6) is 0.973. The Hall–Kier alpha value is -0.730. The number of nitrogens with one attached hydrogen (secondary N) is 1. The summed E-state index contributed by atoms with van der Waals surface area (Å²) in [6.07, 6.45) is 6.86. The van der Waals surface area contributed by atoms with Gasteiger partial charge in [-0.3, -0.25) is 0 Å². The third-order valence-electron chi connectivity index (χ3n) is 3.43. The topological polar surface area (TPSA) is 21.3 Å². The molecule has 1 aromatic carbocycles. The van der Waals surface area contributed by atoms with Crippen LogP contribution in [0, 0.1) is 6.92 Å². The van der Waals surface area contributed by atoms with Gasteiger partial charge in [0, 0.05) is 12.6 Å². The van der Waals surface area contributed by atoms with Crippen LogP contribution in [-0.4, -0.2) is 19.2 Å². The number of ether oxygens (including phenoxy) is 1.